The minimum Gasteiger partial charge on any atom is -0.457 e. The average Bonchev–Trinajstić information content (AvgIpc) is 3.15. The number of ether oxygens (including phenoxy) is 1. The molecule has 6 nitrogen and oxygen atoms in total. The van der Waals surface area contributed by atoms with E-state index in [0.29, 0.717) is 13.1 Å². The number of benzene rings is 2. The summed E-state index contributed by atoms with van der Waals surface area (Å²) in [5, 5.41) is 4.12. The first kappa shape index (κ1) is 18.3. The molecule has 0 saturated carbocycles. The third-order valence-electron chi connectivity index (χ3n) is 4.83. The molecule has 0 spiro atoms. The van der Waals surface area contributed by atoms with Crippen LogP contribution in [0.4, 0.5) is 4.79 Å². The van der Waals surface area contributed by atoms with Crippen LogP contribution in [0.3, 0.4) is 0 Å². The monoisotopic (exact) mass is 376 g/mol. The van der Waals surface area contributed by atoms with E-state index < -0.39 is 0 Å². The van der Waals surface area contributed by atoms with Gasteiger partial charge in [0.15, 0.2) is 0 Å². The van der Waals surface area contributed by atoms with E-state index in [0.717, 1.165) is 36.7 Å². The van der Waals surface area contributed by atoms with Crippen LogP contribution >= 0.6 is 0 Å². The molecule has 2 aromatic carbocycles. The van der Waals surface area contributed by atoms with E-state index in [9.17, 15) is 4.79 Å². The summed E-state index contributed by atoms with van der Waals surface area (Å²) in [6.45, 7) is 5.88. The lowest BCUT2D eigenvalue weighted by molar-refractivity contribution is 0.134. The lowest BCUT2D eigenvalue weighted by atomic mass is 10.2. The largest absolute Gasteiger partial charge is 0.457 e. The Morgan fingerprint density at radius 2 is 1.75 bits per heavy atom. The fourth-order valence-electron chi connectivity index (χ4n) is 3.35. The van der Waals surface area contributed by atoms with Crippen LogP contribution in [0.15, 0.2) is 67.0 Å². The van der Waals surface area contributed by atoms with Crippen LogP contribution < -0.4 is 4.74 Å². The molecule has 0 N–H and O–H groups in total. The highest BCUT2D eigenvalue weighted by Crippen LogP contribution is 2.22. The van der Waals surface area contributed by atoms with Crippen molar-refractivity contribution < 1.29 is 9.53 Å². The van der Waals surface area contributed by atoms with Crippen molar-refractivity contribution in [3.63, 3.8) is 0 Å². The standard InChI is InChI=1S/C22H24N4O2/c1-18-15-23-26(16-18)22(27)25-12-10-24(11-13-25)17-19-6-5-9-21(14-19)28-20-7-3-2-4-8-20/h2-9,14-16H,10-13,17H2,1H3. The zero-order valence-corrected chi connectivity index (χ0v) is 16.0. The lowest BCUT2D eigenvalue weighted by Gasteiger charge is -2.34. The Kier molecular flexibility index (Phi) is 5.39. The van der Waals surface area contributed by atoms with E-state index in [1.54, 1.807) is 12.4 Å². The number of carbonyl (C=O) groups is 1. The van der Waals surface area contributed by atoms with Crippen LogP contribution in [0.1, 0.15) is 11.1 Å². The molecule has 0 aliphatic carbocycles. The smallest absolute Gasteiger partial charge is 0.344 e. The molecule has 1 saturated heterocycles. The summed E-state index contributed by atoms with van der Waals surface area (Å²) in [4.78, 5) is 16.7. The second kappa shape index (κ2) is 8.27. The van der Waals surface area contributed by atoms with Crippen molar-refractivity contribution in [2.45, 2.75) is 13.5 Å². The van der Waals surface area contributed by atoms with Crippen LogP contribution in [0.25, 0.3) is 0 Å². The van der Waals surface area contributed by atoms with Gasteiger partial charge < -0.3 is 9.64 Å². The van der Waals surface area contributed by atoms with Crippen molar-refractivity contribution in [3.8, 4) is 11.5 Å². The highest BCUT2D eigenvalue weighted by atomic mass is 16.5. The maximum atomic E-state index is 12.5. The number of hydrogen-bond acceptors (Lipinski definition) is 4. The van der Waals surface area contributed by atoms with Crippen molar-refractivity contribution in [1.82, 2.24) is 19.6 Å². The van der Waals surface area contributed by atoms with Crippen molar-refractivity contribution in [1.29, 1.82) is 0 Å². The van der Waals surface area contributed by atoms with Crippen LogP contribution in [-0.4, -0.2) is 51.8 Å². The van der Waals surface area contributed by atoms with E-state index >= 15 is 0 Å². The van der Waals surface area contributed by atoms with Gasteiger partial charge in [0.05, 0.1) is 6.20 Å². The van der Waals surface area contributed by atoms with E-state index in [1.165, 1.54) is 10.2 Å². The predicted molar refractivity (Wildman–Crippen MR) is 108 cm³/mol. The molecule has 0 atom stereocenters. The highest BCUT2D eigenvalue weighted by Gasteiger charge is 2.22. The second-order valence-electron chi connectivity index (χ2n) is 7.07. The first-order valence-electron chi connectivity index (χ1n) is 9.52. The number of rotatable bonds is 4. The molecular weight excluding hydrogens is 352 g/mol. The van der Waals surface area contributed by atoms with Gasteiger partial charge in [-0.25, -0.2) is 4.79 Å². The molecule has 3 aromatic rings. The van der Waals surface area contributed by atoms with E-state index in [4.69, 9.17) is 4.74 Å². The van der Waals surface area contributed by atoms with Gasteiger partial charge >= 0.3 is 6.03 Å². The van der Waals surface area contributed by atoms with Gasteiger partial charge in [-0.1, -0.05) is 30.3 Å². The van der Waals surface area contributed by atoms with Gasteiger partial charge in [0.25, 0.3) is 0 Å². The minimum absolute atomic E-state index is 0.0500. The van der Waals surface area contributed by atoms with Crippen LogP contribution in [0.2, 0.25) is 0 Å². The molecule has 2 heterocycles. The second-order valence-corrected chi connectivity index (χ2v) is 7.07. The molecule has 28 heavy (non-hydrogen) atoms. The molecule has 0 radical (unpaired) electrons. The highest BCUT2D eigenvalue weighted by molar-refractivity contribution is 5.76. The fourth-order valence-corrected chi connectivity index (χ4v) is 3.35. The summed E-state index contributed by atoms with van der Waals surface area (Å²) in [5.41, 5.74) is 2.19. The summed E-state index contributed by atoms with van der Waals surface area (Å²) >= 11 is 0. The Morgan fingerprint density at radius 1 is 1.00 bits per heavy atom. The van der Waals surface area contributed by atoms with Crippen molar-refractivity contribution >= 4 is 6.03 Å². The number of carbonyl (C=O) groups excluding carboxylic acids is 1. The summed E-state index contributed by atoms with van der Waals surface area (Å²) in [6, 6.07) is 17.9. The molecular formula is C22H24N4O2. The molecule has 1 fully saturated rings. The van der Waals surface area contributed by atoms with Gasteiger partial charge in [-0.15, -0.1) is 0 Å². The Bertz CT molecular complexity index is 930. The van der Waals surface area contributed by atoms with Crippen molar-refractivity contribution in [2.24, 2.45) is 0 Å². The number of piperazine rings is 1. The molecule has 4 rings (SSSR count). The van der Waals surface area contributed by atoms with Gasteiger partial charge in [-0.2, -0.15) is 9.78 Å². The molecule has 0 bridgehead atoms. The van der Waals surface area contributed by atoms with Gasteiger partial charge in [-0.3, -0.25) is 4.90 Å². The summed E-state index contributed by atoms with van der Waals surface area (Å²) in [6.07, 6.45) is 3.48. The Labute approximate surface area is 164 Å². The molecule has 1 aromatic heterocycles. The number of aromatic nitrogens is 2. The Morgan fingerprint density at radius 3 is 2.46 bits per heavy atom. The number of para-hydroxylation sites is 1. The first-order valence-corrected chi connectivity index (χ1v) is 9.52. The fraction of sp³-hybridized carbons (Fsp3) is 0.273. The maximum absolute atomic E-state index is 12.5. The van der Waals surface area contributed by atoms with Crippen LogP contribution in [0, 0.1) is 6.92 Å². The minimum atomic E-state index is -0.0500. The molecule has 144 valence electrons. The number of nitrogens with zero attached hydrogens (tertiary/aromatic N) is 4. The van der Waals surface area contributed by atoms with Crippen molar-refractivity contribution in [2.75, 3.05) is 26.2 Å². The SMILES string of the molecule is Cc1cnn(C(=O)N2CCN(Cc3cccc(Oc4ccccc4)c3)CC2)c1. The Hall–Kier alpha value is -3.12. The third-order valence-corrected chi connectivity index (χ3v) is 4.83. The van der Waals surface area contributed by atoms with Gasteiger partial charge in [0.2, 0.25) is 0 Å². The quantitative estimate of drug-likeness (QED) is 0.696. The number of aryl methyl sites for hydroxylation is 1. The molecule has 1 aliphatic heterocycles. The van der Waals surface area contributed by atoms with E-state index in [1.807, 2.05) is 54.3 Å². The van der Waals surface area contributed by atoms with E-state index in [2.05, 4.69) is 22.1 Å². The van der Waals surface area contributed by atoms with Crippen LogP contribution in [-0.2, 0) is 6.54 Å². The summed E-state index contributed by atoms with van der Waals surface area (Å²) < 4.78 is 7.35. The zero-order chi connectivity index (χ0) is 19.3. The maximum Gasteiger partial charge on any atom is 0.344 e. The number of amides is 1. The third kappa shape index (κ3) is 4.40. The van der Waals surface area contributed by atoms with Gasteiger partial charge in [0.1, 0.15) is 11.5 Å². The van der Waals surface area contributed by atoms with Gasteiger partial charge in [0, 0.05) is 38.9 Å². The van der Waals surface area contributed by atoms with Crippen LogP contribution in [0.5, 0.6) is 11.5 Å². The average molecular weight is 376 g/mol. The zero-order valence-electron chi connectivity index (χ0n) is 16.0. The summed E-state index contributed by atoms with van der Waals surface area (Å²) in [5.74, 6) is 1.67. The lowest BCUT2D eigenvalue weighted by Crippen LogP contribution is -2.49. The molecule has 0 unspecified atom stereocenters. The molecule has 1 aliphatic rings. The Balaban J connectivity index is 1.32. The van der Waals surface area contributed by atoms with Crippen molar-refractivity contribution in [3.05, 3.63) is 78.1 Å². The number of hydrogen-bond donors (Lipinski definition) is 0. The summed E-state index contributed by atoms with van der Waals surface area (Å²) in [7, 11) is 0. The van der Waals surface area contributed by atoms with E-state index in [-0.39, 0.29) is 6.03 Å². The van der Waals surface area contributed by atoms with Gasteiger partial charge in [-0.05, 0) is 42.3 Å². The normalized spacial score (nSPS) is 14.8. The topological polar surface area (TPSA) is 50.6 Å². The predicted octanol–water partition coefficient (Wildman–Crippen LogP) is 3.77. The first-order chi connectivity index (χ1) is 13.7. The molecule has 6 heteroatoms. The molecule has 1 amide bonds.